The normalized spacial score (nSPS) is 11.8. The number of rotatable bonds is 4. The SMILES string of the molecule is FC(F)(F)Oc1ccc(Nc2nc3cc(-c4nnn[nH]4)ccc3c3sccc23)cc1. The Balaban J connectivity index is 1.53. The second-order valence-corrected chi connectivity index (χ2v) is 7.22. The van der Waals surface area contributed by atoms with Crippen LogP contribution in [0.3, 0.4) is 0 Å². The standard InChI is InChI=1S/C19H11F3N6OS/c20-19(21,22)29-12-4-2-11(3-5-12)23-18-14-7-8-30-16(14)13-6-1-10(9-15(13)24-18)17-25-27-28-26-17/h1-9H,(H,23,24)(H,25,26,27,28). The maximum atomic E-state index is 12.3. The van der Waals surface area contributed by atoms with E-state index < -0.39 is 6.36 Å². The van der Waals surface area contributed by atoms with E-state index in [4.69, 9.17) is 4.98 Å². The number of anilines is 2. The average molecular weight is 428 g/mol. The molecular formula is C19H11F3N6OS. The van der Waals surface area contributed by atoms with Crippen molar-refractivity contribution >= 4 is 43.8 Å². The summed E-state index contributed by atoms with van der Waals surface area (Å²) >= 11 is 1.58. The average Bonchev–Trinajstić information content (AvgIpc) is 3.40. The third kappa shape index (κ3) is 3.50. The molecule has 3 heterocycles. The van der Waals surface area contributed by atoms with Gasteiger partial charge in [0, 0.05) is 26.7 Å². The number of hydrogen-bond donors (Lipinski definition) is 2. The molecule has 11 heteroatoms. The van der Waals surface area contributed by atoms with Crippen molar-refractivity contribution in [1.29, 1.82) is 0 Å². The molecule has 0 aliphatic rings. The first-order valence-electron chi connectivity index (χ1n) is 8.64. The number of aromatic nitrogens is 5. The van der Waals surface area contributed by atoms with Crippen molar-refractivity contribution in [2.45, 2.75) is 6.36 Å². The highest BCUT2D eigenvalue weighted by atomic mass is 32.1. The molecule has 0 unspecified atom stereocenters. The van der Waals surface area contributed by atoms with Gasteiger partial charge in [-0.2, -0.15) is 0 Å². The van der Waals surface area contributed by atoms with Crippen LogP contribution in [0.2, 0.25) is 0 Å². The minimum Gasteiger partial charge on any atom is -0.406 e. The highest BCUT2D eigenvalue weighted by molar-refractivity contribution is 7.18. The molecule has 30 heavy (non-hydrogen) atoms. The lowest BCUT2D eigenvalue weighted by Gasteiger charge is -2.12. The van der Waals surface area contributed by atoms with E-state index in [0.29, 0.717) is 17.3 Å². The highest BCUT2D eigenvalue weighted by Crippen LogP contribution is 2.36. The number of benzene rings is 2. The number of H-pyrrole nitrogens is 1. The molecule has 2 N–H and O–H groups in total. The van der Waals surface area contributed by atoms with Crippen LogP contribution in [0.15, 0.2) is 53.9 Å². The molecule has 0 bridgehead atoms. The second kappa shape index (κ2) is 6.95. The molecule has 0 fully saturated rings. The van der Waals surface area contributed by atoms with E-state index in [-0.39, 0.29) is 5.75 Å². The van der Waals surface area contributed by atoms with Gasteiger partial charge >= 0.3 is 6.36 Å². The minimum atomic E-state index is -4.73. The summed E-state index contributed by atoms with van der Waals surface area (Å²) in [6.45, 7) is 0. The van der Waals surface area contributed by atoms with Crippen molar-refractivity contribution in [3.63, 3.8) is 0 Å². The number of alkyl halides is 3. The van der Waals surface area contributed by atoms with Gasteiger partial charge in [-0.1, -0.05) is 12.1 Å². The number of ether oxygens (including phenoxy) is 1. The summed E-state index contributed by atoms with van der Waals surface area (Å²) in [4.78, 5) is 4.73. The van der Waals surface area contributed by atoms with Crippen molar-refractivity contribution in [2.24, 2.45) is 0 Å². The van der Waals surface area contributed by atoms with Gasteiger partial charge < -0.3 is 10.1 Å². The summed E-state index contributed by atoms with van der Waals surface area (Å²) in [7, 11) is 0. The van der Waals surface area contributed by atoms with Gasteiger partial charge in [0.15, 0.2) is 5.82 Å². The Hall–Kier alpha value is -3.73. The van der Waals surface area contributed by atoms with Crippen LogP contribution < -0.4 is 10.1 Å². The second-order valence-electron chi connectivity index (χ2n) is 6.30. The molecule has 150 valence electrons. The molecule has 5 aromatic rings. The third-order valence-electron chi connectivity index (χ3n) is 4.36. The largest absolute Gasteiger partial charge is 0.573 e. The Morgan fingerprint density at radius 1 is 1.00 bits per heavy atom. The van der Waals surface area contributed by atoms with Crippen LogP contribution in [0.5, 0.6) is 5.75 Å². The van der Waals surface area contributed by atoms with Gasteiger partial charge in [0.05, 0.1) is 5.52 Å². The predicted molar refractivity (Wildman–Crippen MR) is 107 cm³/mol. The number of fused-ring (bicyclic) bond motifs is 3. The van der Waals surface area contributed by atoms with Gasteiger partial charge in [-0.05, 0) is 52.2 Å². The fourth-order valence-corrected chi connectivity index (χ4v) is 4.03. The van der Waals surface area contributed by atoms with Crippen LogP contribution in [0.4, 0.5) is 24.7 Å². The van der Waals surface area contributed by atoms with Gasteiger partial charge in [0.1, 0.15) is 11.6 Å². The van der Waals surface area contributed by atoms with Crippen LogP contribution in [0.1, 0.15) is 0 Å². The van der Waals surface area contributed by atoms with Crippen LogP contribution in [-0.4, -0.2) is 32.0 Å². The van der Waals surface area contributed by atoms with E-state index in [1.807, 2.05) is 29.6 Å². The molecule has 0 amide bonds. The molecule has 3 aromatic heterocycles. The Morgan fingerprint density at radius 2 is 1.83 bits per heavy atom. The van der Waals surface area contributed by atoms with E-state index in [0.717, 1.165) is 26.6 Å². The zero-order valence-corrected chi connectivity index (χ0v) is 15.8. The molecule has 0 saturated carbocycles. The summed E-state index contributed by atoms with van der Waals surface area (Å²) in [5.41, 5.74) is 2.10. The van der Waals surface area contributed by atoms with E-state index in [1.165, 1.54) is 24.3 Å². The monoisotopic (exact) mass is 428 g/mol. The number of hydrogen-bond acceptors (Lipinski definition) is 7. The lowest BCUT2D eigenvalue weighted by atomic mass is 10.1. The van der Waals surface area contributed by atoms with Crippen LogP contribution in [-0.2, 0) is 0 Å². The first-order valence-corrected chi connectivity index (χ1v) is 9.52. The summed E-state index contributed by atoms with van der Waals surface area (Å²) in [6.07, 6.45) is -4.73. The molecule has 0 aliphatic heterocycles. The van der Waals surface area contributed by atoms with Crippen molar-refractivity contribution in [1.82, 2.24) is 25.6 Å². The van der Waals surface area contributed by atoms with Crippen molar-refractivity contribution in [3.05, 3.63) is 53.9 Å². The third-order valence-corrected chi connectivity index (χ3v) is 5.31. The van der Waals surface area contributed by atoms with Gasteiger partial charge in [0.2, 0.25) is 0 Å². The molecule has 0 saturated heterocycles. The topological polar surface area (TPSA) is 88.6 Å². The molecule has 0 radical (unpaired) electrons. The summed E-state index contributed by atoms with van der Waals surface area (Å²) in [6, 6.07) is 13.2. The summed E-state index contributed by atoms with van der Waals surface area (Å²) in [5, 5.41) is 20.9. The molecule has 0 spiro atoms. The minimum absolute atomic E-state index is 0.287. The van der Waals surface area contributed by atoms with Crippen LogP contribution in [0, 0.1) is 0 Å². The number of thiophene rings is 1. The number of halogens is 3. The maximum absolute atomic E-state index is 12.3. The van der Waals surface area contributed by atoms with E-state index in [1.54, 1.807) is 11.3 Å². The number of nitrogens with one attached hydrogen (secondary N) is 2. The zero-order chi connectivity index (χ0) is 20.7. The van der Waals surface area contributed by atoms with Crippen molar-refractivity contribution in [3.8, 4) is 17.1 Å². The number of pyridine rings is 1. The predicted octanol–water partition coefficient (Wildman–Crippen LogP) is 5.27. The van der Waals surface area contributed by atoms with Crippen LogP contribution in [0.25, 0.3) is 32.4 Å². The first kappa shape index (κ1) is 18.3. The van der Waals surface area contributed by atoms with Gasteiger partial charge in [0.25, 0.3) is 0 Å². The van der Waals surface area contributed by atoms with Gasteiger partial charge in [-0.25, -0.2) is 10.1 Å². The fraction of sp³-hybridized carbons (Fsp3) is 0.0526. The maximum Gasteiger partial charge on any atom is 0.573 e. The highest BCUT2D eigenvalue weighted by Gasteiger charge is 2.30. The molecule has 0 atom stereocenters. The van der Waals surface area contributed by atoms with Crippen molar-refractivity contribution in [2.75, 3.05) is 5.32 Å². The lowest BCUT2D eigenvalue weighted by Crippen LogP contribution is -2.16. The number of nitrogens with zero attached hydrogens (tertiary/aromatic N) is 4. The van der Waals surface area contributed by atoms with Gasteiger partial charge in [-0.15, -0.1) is 29.6 Å². The summed E-state index contributed by atoms with van der Waals surface area (Å²) in [5.74, 6) is 0.835. The Morgan fingerprint density at radius 3 is 2.57 bits per heavy atom. The zero-order valence-electron chi connectivity index (χ0n) is 14.9. The quantitative estimate of drug-likeness (QED) is 0.405. The van der Waals surface area contributed by atoms with Crippen LogP contribution >= 0.6 is 11.3 Å². The molecule has 0 aliphatic carbocycles. The summed E-state index contributed by atoms with van der Waals surface area (Å²) < 4.78 is 42.0. The van der Waals surface area contributed by atoms with E-state index in [9.17, 15) is 13.2 Å². The molecule has 5 rings (SSSR count). The smallest absolute Gasteiger partial charge is 0.406 e. The lowest BCUT2D eigenvalue weighted by molar-refractivity contribution is -0.274. The molecule has 7 nitrogen and oxygen atoms in total. The molecule has 2 aromatic carbocycles. The number of aromatic amines is 1. The number of tetrazole rings is 1. The van der Waals surface area contributed by atoms with Gasteiger partial charge in [-0.3, -0.25) is 0 Å². The van der Waals surface area contributed by atoms with E-state index >= 15 is 0 Å². The fourth-order valence-electron chi connectivity index (χ4n) is 3.10. The Labute approximate surface area is 170 Å². The molecular weight excluding hydrogens is 417 g/mol. The first-order chi connectivity index (χ1) is 14.5. The Kier molecular flexibility index (Phi) is 4.24. The Bertz CT molecular complexity index is 1330. The van der Waals surface area contributed by atoms with Crippen molar-refractivity contribution < 1.29 is 17.9 Å². The van der Waals surface area contributed by atoms with E-state index in [2.05, 4.69) is 30.7 Å².